The van der Waals surface area contributed by atoms with Crippen molar-refractivity contribution in [2.45, 2.75) is 45.3 Å². The van der Waals surface area contributed by atoms with Gasteiger partial charge in [-0.2, -0.15) is 5.10 Å². The summed E-state index contributed by atoms with van der Waals surface area (Å²) in [6.45, 7) is 7.53. The van der Waals surface area contributed by atoms with Crippen molar-refractivity contribution in [2.75, 3.05) is 13.2 Å². The summed E-state index contributed by atoms with van der Waals surface area (Å²) in [5.41, 5.74) is 0. The predicted molar refractivity (Wildman–Crippen MR) is 77.7 cm³/mol. The van der Waals surface area contributed by atoms with Gasteiger partial charge in [-0.25, -0.2) is 0 Å². The molecule has 1 rings (SSSR count). The summed E-state index contributed by atoms with van der Waals surface area (Å²) in [4.78, 5) is 0. The number of H-pyrrole nitrogens is 1. The first-order chi connectivity index (χ1) is 9.19. The Hall–Kier alpha value is -0.980. The number of aliphatic hydroxyl groups excluding tert-OH is 1. The van der Waals surface area contributed by atoms with E-state index in [1.807, 2.05) is 4.57 Å². The number of aromatic nitrogens is 3. The fraction of sp³-hybridized carbons (Fsp3) is 0.692. The van der Waals surface area contributed by atoms with Crippen LogP contribution in [0.5, 0.6) is 0 Å². The second-order valence-corrected chi connectivity index (χ2v) is 4.85. The van der Waals surface area contributed by atoms with E-state index in [0.717, 1.165) is 18.7 Å². The summed E-state index contributed by atoms with van der Waals surface area (Å²) in [6.07, 6.45) is 4.73. The molecule has 0 saturated heterocycles. The fourth-order valence-corrected chi connectivity index (χ4v) is 1.93. The van der Waals surface area contributed by atoms with E-state index in [-0.39, 0.29) is 0 Å². The zero-order valence-corrected chi connectivity index (χ0v) is 12.3. The molecule has 108 valence electrons. The minimum atomic E-state index is -0.459. The van der Waals surface area contributed by atoms with E-state index in [4.69, 9.17) is 17.0 Å². The van der Waals surface area contributed by atoms with Crippen molar-refractivity contribution in [3.05, 3.63) is 23.3 Å². The van der Waals surface area contributed by atoms with Gasteiger partial charge in [-0.1, -0.05) is 19.4 Å². The van der Waals surface area contributed by atoms with Gasteiger partial charge in [-0.15, -0.1) is 6.58 Å². The van der Waals surface area contributed by atoms with Crippen LogP contribution in [0.25, 0.3) is 0 Å². The van der Waals surface area contributed by atoms with Gasteiger partial charge in [-0.05, 0) is 25.1 Å². The van der Waals surface area contributed by atoms with E-state index in [9.17, 15) is 5.11 Å². The number of nitrogens with zero attached hydrogens (tertiary/aromatic N) is 2. The van der Waals surface area contributed by atoms with Crippen LogP contribution in [0.2, 0.25) is 0 Å². The second kappa shape index (κ2) is 9.01. The molecule has 0 aromatic carbocycles. The Morgan fingerprint density at radius 3 is 3.11 bits per heavy atom. The Kier molecular flexibility index (Phi) is 7.62. The highest BCUT2D eigenvalue weighted by Gasteiger charge is 2.09. The van der Waals surface area contributed by atoms with Crippen LogP contribution in [0.3, 0.4) is 0 Å². The maximum atomic E-state index is 9.82. The Morgan fingerprint density at radius 1 is 1.63 bits per heavy atom. The maximum absolute atomic E-state index is 9.82. The molecule has 1 unspecified atom stereocenters. The van der Waals surface area contributed by atoms with Crippen molar-refractivity contribution in [1.29, 1.82) is 0 Å². The van der Waals surface area contributed by atoms with Crippen molar-refractivity contribution in [3.63, 3.8) is 0 Å². The quantitative estimate of drug-likeness (QED) is 0.393. The number of ether oxygens (including phenoxy) is 1. The minimum absolute atomic E-state index is 0.382. The normalized spacial score (nSPS) is 12.5. The number of aryl methyl sites for hydroxylation is 1. The van der Waals surface area contributed by atoms with Crippen LogP contribution < -0.4 is 0 Å². The standard InChI is InChI=1S/C13H23N3O2S/c1-3-5-9-18-10-11(17)6-7-12-14-15-13(19)16(12)8-4-2/h4,11,17H,2-3,5-10H2,1H3,(H,15,19). The summed E-state index contributed by atoms with van der Waals surface area (Å²) in [7, 11) is 0. The van der Waals surface area contributed by atoms with Crippen molar-refractivity contribution in [1.82, 2.24) is 14.8 Å². The van der Waals surface area contributed by atoms with E-state index >= 15 is 0 Å². The first-order valence-corrected chi connectivity index (χ1v) is 7.10. The predicted octanol–water partition coefficient (Wildman–Crippen LogP) is 2.24. The largest absolute Gasteiger partial charge is 0.391 e. The molecule has 0 amide bonds. The number of hydrogen-bond acceptors (Lipinski definition) is 4. The van der Waals surface area contributed by atoms with Crippen LogP contribution in [-0.4, -0.2) is 39.2 Å². The van der Waals surface area contributed by atoms with Crippen LogP contribution in [0, 0.1) is 4.77 Å². The van der Waals surface area contributed by atoms with Crippen LogP contribution >= 0.6 is 12.2 Å². The minimum Gasteiger partial charge on any atom is -0.391 e. The van der Waals surface area contributed by atoms with Crippen LogP contribution in [0.15, 0.2) is 12.7 Å². The molecule has 1 atom stereocenters. The first-order valence-electron chi connectivity index (χ1n) is 6.69. The molecule has 5 nitrogen and oxygen atoms in total. The highest BCUT2D eigenvalue weighted by Crippen LogP contribution is 2.05. The molecule has 0 bridgehead atoms. The third-order valence-corrected chi connectivity index (χ3v) is 3.11. The number of allylic oxidation sites excluding steroid dienone is 1. The number of rotatable bonds is 10. The van der Waals surface area contributed by atoms with Gasteiger partial charge in [0, 0.05) is 19.6 Å². The van der Waals surface area contributed by atoms with Gasteiger partial charge < -0.3 is 14.4 Å². The van der Waals surface area contributed by atoms with E-state index in [1.165, 1.54) is 0 Å². The number of aliphatic hydroxyl groups is 1. The highest BCUT2D eigenvalue weighted by molar-refractivity contribution is 7.71. The van der Waals surface area contributed by atoms with E-state index < -0.39 is 6.10 Å². The van der Waals surface area contributed by atoms with Crippen molar-refractivity contribution < 1.29 is 9.84 Å². The van der Waals surface area contributed by atoms with Crippen molar-refractivity contribution in [3.8, 4) is 0 Å². The van der Waals surface area contributed by atoms with Gasteiger partial charge in [0.2, 0.25) is 0 Å². The molecule has 1 heterocycles. The van der Waals surface area contributed by atoms with Crippen LogP contribution in [0.4, 0.5) is 0 Å². The molecule has 6 heteroatoms. The van der Waals surface area contributed by atoms with Gasteiger partial charge in [0.1, 0.15) is 5.82 Å². The van der Waals surface area contributed by atoms with Gasteiger partial charge in [-0.3, -0.25) is 5.10 Å². The molecule has 2 N–H and O–H groups in total. The van der Waals surface area contributed by atoms with Gasteiger partial charge in [0.15, 0.2) is 4.77 Å². The number of unbranched alkanes of at least 4 members (excludes halogenated alkanes) is 1. The lowest BCUT2D eigenvalue weighted by Crippen LogP contribution is -2.17. The topological polar surface area (TPSA) is 63.1 Å². The van der Waals surface area contributed by atoms with E-state index in [0.29, 0.717) is 37.4 Å². The molecule has 1 aromatic rings. The van der Waals surface area contributed by atoms with E-state index in [1.54, 1.807) is 6.08 Å². The van der Waals surface area contributed by atoms with Crippen LogP contribution in [-0.2, 0) is 17.7 Å². The lowest BCUT2D eigenvalue weighted by atomic mass is 10.2. The molecular formula is C13H23N3O2S. The van der Waals surface area contributed by atoms with E-state index in [2.05, 4.69) is 23.7 Å². The summed E-state index contributed by atoms with van der Waals surface area (Å²) in [5, 5.41) is 16.7. The van der Waals surface area contributed by atoms with Gasteiger partial charge in [0.25, 0.3) is 0 Å². The Balaban J connectivity index is 2.35. The monoisotopic (exact) mass is 285 g/mol. The third kappa shape index (κ3) is 5.67. The lowest BCUT2D eigenvalue weighted by molar-refractivity contribution is 0.0313. The molecule has 1 aromatic heterocycles. The Labute approximate surface area is 119 Å². The zero-order valence-electron chi connectivity index (χ0n) is 11.5. The highest BCUT2D eigenvalue weighted by atomic mass is 32.1. The average Bonchev–Trinajstić information content (AvgIpc) is 2.74. The SMILES string of the molecule is C=CCn1c(CCC(O)COCCCC)n[nH]c1=S. The second-order valence-electron chi connectivity index (χ2n) is 4.47. The summed E-state index contributed by atoms with van der Waals surface area (Å²) >= 11 is 5.13. The zero-order chi connectivity index (χ0) is 14.1. The molecule has 0 fully saturated rings. The molecule has 0 aliphatic rings. The molecule has 0 spiro atoms. The first kappa shape index (κ1) is 16.1. The smallest absolute Gasteiger partial charge is 0.195 e. The van der Waals surface area contributed by atoms with Crippen molar-refractivity contribution >= 4 is 12.2 Å². The lowest BCUT2D eigenvalue weighted by Gasteiger charge is -2.11. The number of aromatic amines is 1. The molecule has 0 aliphatic heterocycles. The summed E-state index contributed by atoms with van der Waals surface area (Å²) < 4.78 is 7.85. The molecular weight excluding hydrogens is 262 g/mol. The number of nitrogens with one attached hydrogen (secondary N) is 1. The average molecular weight is 285 g/mol. The Bertz CT molecular complexity index is 428. The molecule has 0 saturated carbocycles. The summed E-state index contributed by atoms with van der Waals surface area (Å²) in [6, 6.07) is 0. The maximum Gasteiger partial charge on any atom is 0.195 e. The Morgan fingerprint density at radius 2 is 2.42 bits per heavy atom. The third-order valence-electron chi connectivity index (χ3n) is 2.80. The molecule has 0 aliphatic carbocycles. The van der Waals surface area contributed by atoms with Gasteiger partial charge >= 0.3 is 0 Å². The van der Waals surface area contributed by atoms with Crippen molar-refractivity contribution in [2.24, 2.45) is 0 Å². The number of hydrogen-bond donors (Lipinski definition) is 2. The summed E-state index contributed by atoms with van der Waals surface area (Å²) in [5.74, 6) is 0.845. The molecule has 19 heavy (non-hydrogen) atoms. The van der Waals surface area contributed by atoms with Gasteiger partial charge in [0.05, 0.1) is 12.7 Å². The van der Waals surface area contributed by atoms with Crippen LogP contribution in [0.1, 0.15) is 32.0 Å². The molecule has 0 radical (unpaired) electrons. The fourth-order valence-electron chi connectivity index (χ4n) is 1.70.